The van der Waals surface area contributed by atoms with Crippen LogP contribution < -0.4 is 5.32 Å². The van der Waals surface area contributed by atoms with Crippen LogP contribution in [0.15, 0.2) is 16.6 Å². The Balaban J connectivity index is 2.54. The van der Waals surface area contributed by atoms with Crippen LogP contribution in [0, 0.1) is 13.8 Å². The van der Waals surface area contributed by atoms with Crippen molar-refractivity contribution < 1.29 is 0 Å². The van der Waals surface area contributed by atoms with Gasteiger partial charge in [-0.15, -0.1) is 0 Å². The van der Waals surface area contributed by atoms with Crippen molar-refractivity contribution in [2.75, 3.05) is 13.6 Å². The number of hydrogen-bond donors (Lipinski definition) is 2. The van der Waals surface area contributed by atoms with Crippen molar-refractivity contribution in [3.05, 3.63) is 33.4 Å². The quantitative estimate of drug-likeness (QED) is 0.887. The maximum Gasteiger partial charge on any atom is 0.0500 e. The molecule has 1 heterocycles. The Hall–Kier alpha value is -0.800. The van der Waals surface area contributed by atoms with E-state index in [1.165, 1.54) is 32.2 Å². The summed E-state index contributed by atoms with van der Waals surface area (Å²) in [6.45, 7) is 5.31. The lowest BCUT2D eigenvalue weighted by molar-refractivity contribution is 0.779. The summed E-state index contributed by atoms with van der Waals surface area (Å²) in [4.78, 5) is 3.52. The minimum Gasteiger partial charge on any atom is -0.357 e. The van der Waals surface area contributed by atoms with E-state index in [-0.39, 0.29) is 0 Å². The van der Waals surface area contributed by atoms with E-state index < -0.39 is 0 Å². The third-order valence-electron chi connectivity index (χ3n) is 3.14. The lowest BCUT2D eigenvalue weighted by Crippen LogP contribution is -2.10. The van der Waals surface area contributed by atoms with Gasteiger partial charge in [-0.25, -0.2) is 0 Å². The Morgan fingerprint density at radius 1 is 1.31 bits per heavy atom. The number of likely N-dealkylation sites (N-methyl/N-ethyl adjacent to an activating group) is 1. The number of aryl methyl sites for hydroxylation is 2. The van der Waals surface area contributed by atoms with Gasteiger partial charge in [0.1, 0.15) is 0 Å². The highest BCUT2D eigenvalue weighted by Gasteiger charge is 2.10. The van der Waals surface area contributed by atoms with E-state index in [1.54, 1.807) is 0 Å². The molecule has 0 saturated carbocycles. The molecule has 1 aromatic heterocycles. The molecular formula is C13H17BrN2. The SMILES string of the molecule is CNCCc1[nH]c2c(C)c(C)ccc2c1Br. The first-order chi connectivity index (χ1) is 7.65. The topological polar surface area (TPSA) is 27.8 Å². The summed E-state index contributed by atoms with van der Waals surface area (Å²) in [6, 6.07) is 4.36. The van der Waals surface area contributed by atoms with Gasteiger partial charge in [0.05, 0.1) is 0 Å². The van der Waals surface area contributed by atoms with Gasteiger partial charge in [-0.2, -0.15) is 0 Å². The summed E-state index contributed by atoms with van der Waals surface area (Å²) in [6.07, 6.45) is 1.02. The predicted molar refractivity (Wildman–Crippen MR) is 73.1 cm³/mol. The fourth-order valence-electron chi connectivity index (χ4n) is 1.95. The molecule has 0 spiro atoms. The minimum atomic E-state index is 0.990. The summed E-state index contributed by atoms with van der Waals surface area (Å²) in [7, 11) is 1.98. The van der Waals surface area contributed by atoms with Crippen molar-refractivity contribution in [2.45, 2.75) is 20.3 Å². The molecule has 0 aliphatic heterocycles. The summed E-state index contributed by atoms with van der Waals surface area (Å²) >= 11 is 3.68. The molecule has 1 aromatic carbocycles. The summed E-state index contributed by atoms with van der Waals surface area (Å²) < 4.78 is 1.21. The summed E-state index contributed by atoms with van der Waals surface area (Å²) in [5.41, 5.74) is 5.21. The second-order valence-electron chi connectivity index (χ2n) is 4.20. The zero-order chi connectivity index (χ0) is 11.7. The van der Waals surface area contributed by atoms with Gasteiger partial charge in [-0.05, 0) is 48.0 Å². The molecule has 2 rings (SSSR count). The molecule has 0 saturated heterocycles. The third-order valence-corrected chi connectivity index (χ3v) is 4.04. The maximum atomic E-state index is 3.68. The van der Waals surface area contributed by atoms with Crippen molar-refractivity contribution >= 4 is 26.8 Å². The Morgan fingerprint density at radius 2 is 2.06 bits per heavy atom. The molecule has 2 aromatic rings. The van der Waals surface area contributed by atoms with Crippen molar-refractivity contribution in [3.63, 3.8) is 0 Å². The second-order valence-corrected chi connectivity index (χ2v) is 4.99. The average molecular weight is 281 g/mol. The summed E-state index contributed by atoms with van der Waals surface area (Å²) in [5, 5.41) is 4.46. The van der Waals surface area contributed by atoms with Gasteiger partial charge in [0.25, 0.3) is 0 Å². The van der Waals surface area contributed by atoms with E-state index in [1.807, 2.05) is 7.05 Å². The molecule has 0 amide bonds. The van der Waals surface area contributed by atoms with Gasteiger partial charge in [0.15, 0.2) is 0 Å². The number of halogens is 1. The fraction of sp³-hybridized carbons (Fsp3) is 0.385. The number of aromatic amines is 1. The molecular weight excluding hydrogens is 264 g/mol. The molecule has 3 heteroatoms. The molecule has 2 nitrogen and oxygen atoms in total. The molecule has 0 unspecified atom stereocenters. The average Bonchev–Trinajstić information content (AvgIpc) is 2.59. The number of nitrogens with one attached hydrogen (secondary N) is 2. The van der Waals surface area contributed by atoms with E-state index in [2.05, 4.69) is 52.2 Å². The first-order valence-corrected chi connectivity index (χ1v) is 6.35. The van der Waals surface area contributed by atoms with Crippen molar-refractivity contribution in [1.82, 2.24) is 10.3 Å². The molecule has 0 aliphatic rings. The van der Waals surface area contributed by atoms with Gasteiger partial charge in [0.2, 0.25) is 0 Å². The second kappa shape index (κ2) is 4.60. The molecule has 0 aliphatic carbocycles. The molecule has 0 radical (unpaired) electrons. The first kappa shape index (κ1) is 11.7. The van der Waals surface area contributed by atoms with Gasteiger partial charge >= 0.3 is 0 Å². The standard InChI is InChI=1S/C13H17BrN2/c1-8-4-5-10-12(14)11(6-7-15-3)16-13(10)9(8)2/h4-5,15-16H,6-7H2,1-3H3. The Kier molecular flexibility index (Phi) is 3.36. The van der Waals surface area contributed by atoms with Crippen molar-refractivity contribution in [3.8, 4) is 0 Å². The molecule has 16 heavy (non-hydrogen) atoms. The van der Waals surface area contributed by atoms with Gasteiger partial charge < -0.3 is 10.3 Å². The van der Waals surface area contributed by atoms with Gasteiger partial charge in [0, 0.05) is 34.0 Å². The number of aromatic nitrogens is 1. The van der Waals surface area contributed by atoms with Crippen LogP contribution in [0.2, 0.25) is 0 Å². The van der Waals surface area contributed by atoms with Crippen molar-refractivity contribution in [2.24, 2.45) is 0 Å². The highest BCUT2D eigenvalue weighted by Crippen LogP contribution is 2.31. The first-order valence-electron chi connectivity index (χ1n) is 5.56. The van der Waals surface area contributed by atoms with Gasteiger partial charge in [-0.3, -0.25) is 0 Å². The molecule has 0 atom stereocenters. The van der Waals surface area contributed by atoms with Crippen LogP contribution in [0.5, 0.6) is 0 Å². The Bertz CT molecular complexity index is 514. The number of hydrogen-bond acceptors (Lipinski definition) is 1. The lowest BCUT2D eigenvalue weighted by atomic mass is 10.1. The van der Waals surface area contributed by atoms with E-state index in [9.17, 15) is 0 Å². The zero-order valence-electron chi connectivity index (χ0n) is 9.95. The number of benzene rings is 1. The van der Waals surface area contributed by atoms with Crippen LogP contribution in [-0.4, -0.2) is 18.6 Å². The number of fused-ring (bicyclic) bond motifs is 1. The highest BCUT2D eigenvalue weighted by atomic mass is 79.9. The van der Waals surface area contributed by atoms with Crippen molar-refractivity contribution in [1.29, 1.82) is 0 Å². The van der Waals surface area contributed by atoms with E-state index >= 15 is 0 Å². The number of rotatable bonds is 3. The zero-order valence-corrected chi connectivity index (χ0v) is 11.5. The van der Waals surface area contributed by atoms with Crippen LogP contribution in [0.1, 0.15) is 16.8 Å². The number of H-pyrrole nitrogens is 1. The predicted octanol–water partition coefficient (Wildman–Crippen LogP) is 3.31. The van der Waals surface area contributed by atoms with Gasteiger partial charge in [-0.1, -0.05) is 12.1 Å². The normalized spacial score (nSPS) is 11.2. The Labute approximate surface area is 105 Å². The minimum absolute atomic E-state index is 0.990. The largest absolute Gasteiger partial charge is 0.357 e. The Morgan fingerprint density at radius 3 is 2.75 bits per heavy atom. The lowest BCUT2D eigenvalue weighted by Gasteiger charge is -2.00. The molecule has 0 bridgehead atoms. The van der Waals surface area contributed by atoms with E-state index in [0.717, 1.165) is 13.0 Å². The smallest absolute Gasteiger partial charge is 0.0500 e. The van der Waals surface area contributed by atoms with Crippen LogP contribution in [0.4, 0.5) is 0 Å². The maximum absolute atomic E-state index is 3.68. The third kappa shape index (κ3) is 1.89. The van der Waals surface area contributed by atoms with Crippen LogP contribution in [-0.2, 0) is 6.42 Å². The monoisotopic (exact) mass is 280 g/mol. The molecule has 2 N–H and O–H groups in total. The van der Waals surface area contributed by atoms with E-state index in [4.69, 9.17) is 0 Å². The van der Waals surface area contributed by atoms with Crippen LogP contribution >= 0.6 is 15.9 Å². The van der Waals surface area contributed by atoms with Crippen LogP contribution in [0.3, 0.4) is 0 Å². The molecule has 86 valence electrons. The summed E-state index contributed by atoms with van der Waals surface area (Å²) in [5.74, 6) is 0. The van der Waals surface area contributed by atoms with E-state index in [0.29, 0.717) is 0 Å². The highest BCUT2D eigenvalue weighted by molar-refractivity contribution is 9.10. The molecule has 0 fully saturated rings. The van der Waals surface area contributed by atoms with Crippen LogP contribution in [0.25, 0.3) is 10.9 Å². The fourth-order valence-corrected chi connectivity index (χ4v) is 2.58.